The Morgan fingerprint density at radius 1 is 1.17 bits per heavy atom. The van der Waals surface area contributed by atoms with E-state index in [4.69, 9.17) is 10.7 Å². The molecule has 1 amide bonds. The summed E-state index contributed by atoms with van der Waals surface area (Å²) in [5, 5.41) is 0.906. The molecule has 4 heterocycles. The van der Waals surface area contributed by atoms with E-state index in [1.807, 2.05) is 11.1 Å². The quantitative estimate of drug-likeness (QED) is 0.553. The molecule has 180 valence electrons. The molecule has 2 aliphatic carbocycles. The molecule has 0 radical (unpaired) electrons. The molecule has 3 aromatic heterocycles. The van der Waals surface area contributed by atoms with Gasteiger partial charge in [-0.1, -0.05) is 18.7 Å². The maximum Gasteiger partial charge on any atom is 0.245 e. The van der Waals surface area contributed by atoms with E-state index in [0.29, 0.717) is 11.7 Å². The standard InChI is InChI=1S/C28H32N6O/c1-3-22(35)34-14-12-28(13-15-34)10-8-19(9-11-28)25-23(20-6-7-21(30-16-20)18-4-5-18)24-26(29)31-17-32-27(24)33(25)2/h3,6-8,16-18H,1,4-5,9-15H2,2H3,(H2,29,31,32). The summed E-state index contributed by atoms with van der Waals surface area (Å²) in [7, 11) is 2.07. The molecule has 3 aromatic rings. The molecule has 0 unspecified atom stereocenters. The Morgan fingerprint density at radius 2 is 1.97 bits per heavy atom. The van der Waals surface area contributed by atoms with Crippen LogP contribution in [-0.2, 0) is 11.8 Å². The van der Waals surface area contributed by atoms with Gasteiger partial charge in [-0.15, -0.1) is 0 Å². The summed E-state index contributed by atoms with van der Waals surface area (Å²) >= 11 is 0. The number of carbonyl (C=O) groups excluding carboxylic acids is 1. The second-order valence-corrected chi connectivity index (χ2v) is 10.4. The third-order valence-corrected chi connectivity index (χ3v) is 8.39. The number of nitrogens with two attached hydrogens (primary N) is 1. The smallest absolute Gasteiger partial charge is 0.245 e. The number of hydrogen-bond donors (Lipinski definition) is 1. The SMILES string of the molecule is C=CC(=O)N1CCC2(CC=C(c3c(-c4ccc(C5CC5)nc4)c4c(N)ncnc4n3C)CC2)CC1. The second-order valence-electron chi connectivity index (χ2n) is 10.4. The van der Waals surface area contributed by atoms with Crippen molar-refractivity contribution in [1.29, 1.82) is 0 Å². The van der Waals surface area contributed by atoms with Gasteiger partial charge in [-0.25, -0.2) is 9.97 Å². The van der Waals surface area contributed by atoms with Gasteiger partial charge in [-0.2, -0.15) is 0 Å². The van der Waals surface area contributed by atoms with E-state index in [0.717, 1.165) is 67.4 Å². The molecular weight excluding hydrogens is 436 g/mol. The minimum atomic E-state index is 0.0482. The van der Waals surface area contributed by atoms with Crippen LogP contribution in [0.15, 0.2) is 43.4 Å². The third kappa shape index (κ3) is 3.74. The second kappa shape index (κ2) is 8.33. The first kappa shape index (κ1) is 22.0. The Kier molecular flexibility index (Phi) is 5.24. The van der Waals surface area contributed by atoms with Crippen LogP contribution in [0.4, 0.5) is 5.82 Å². The van der Waals surface area contributed by atoms with E-state index in [1.54, 1.807) is 6.33 Å². The number of aryl methyl sites for hydroxylation is 1. The Bertz CT molecular complexity index is 1340. The van der Waals surface area contributed by atoms with Crippen molar-refractivity contribution in [3.8, 4) is 11.1 Å². The lowest BCUT2D eigenvalue weighted by Gasteiger charge is -2.43. The fourth-order valence-electron chi connectivity index (χ4n) is 6.05. The first-order valence-electron chi connectivity index (χ1n) is 12.7. The van der Waals surface area contributed by atoms with Crippen molar-refractivity contribution < 1.29 is 4.79 Å². The van der Waals surface area contributed by atoms with Gasteiger partial charge in [0, 0.05) is 49.1 Å². The molecule has 1 saturated heterocycles. The number of fused-ring (bicyclic) bond motifs is 1. The first-order chi connectivity index (χ1) is 17.0. The number of nitrogens with zero attached hydrogens (tertiary/aromatic N) is 5. The van der Waals surface area contributed by atoms with Gasteiger partial charge in [0.1, 0.15) is 17.8 Å². The van der Waals surface area contributed by atoms with Crippen molar-refractivity contribution in [1.82, 2.24) is 24.4 Å². The van der Waals surface area contributed by atoms with Crippen LogP contribution in [0.3, 0.4) is 0 Å². The number of hydrogen-bond acceptors (Lipinski definition) is 5. The van der Waals surface area contributed by atoms with E-state index in [9.17, 15) is 4.79 Å². The summed E-state index contributed by atoms with van der Waals surface area (Å²) in [5.41, 5.74) is 13.4. The van der Waals surface area contributed by atoms with Crippen molar-refractivity contribution in [2.24, 2.45) is 12.5 Å². The van der Waals surface area contributed by atoms with E-state index in [1.165, 1.54) is 35.9 Å². The van der Waals surface area contributed by atoms with Crippen LogP contribution in [0.1, 0.15) is 62.3 Å². The highest BCUT2D eigenvalue weighted by atomic mass is 16.2. The topological polar surface area (TPSA) is 89.9 Å². The van der Waals surface area contributed by atoms with E-state index in [-0.39, 0.29) is 11.3 Å². The Labute approximate surface area is 205 Å². The third-order valence-electron chi connectivity index (χ3n) is 8.39. The van der Waals surface area contributed by atoms with Crippen LogP contribution in [-0.4, -0.2) is 43.4 Å². The number of carbonyl (C=O) groups is 1. The monoisotopic (exact) mass is 468 g/mol. The summed E-state index contributed by atoms with van der Waals surface area (Å²) in [4.78, 5) is 27.7. The Morgan fingerprint density at radius 3 is 2.60 bits per heavy atom. The number of rotatable bonds is 4. The van der Waals surface area contributed by atoms with Crippen LogP contribution < -0.4 is 5.73 Å². The van der Waals surface area contributed by atoms with Crippen LogP contribution in [0, 0.1) is 5.41 Å². The largest absolute Gasteiger partial charge is 0.383 e. The number of anilines is 1. The molecule has 0 bridgehead atoms. The van der Waals surface area contributed by atoms with E-state index < -0.39 is 0 Å². The predicted octanol–water partition coefficient (Wildman–Crippen LogP) is 4.85. The molecule has 1 saturated carbocycles. The summed E-state index contributed by atoms with van der Waals surface area (Å²) in [5.74, 6) is 1.17. The number of likely N-dealkylation sites (tertiary alicyclic amines) is 1. The van der Waals surface area contributed by atoms with Gasteiger partial charge in [0.05, 0.1) is 11.1 Å². The number of pyridine rings is 1. The van der Waals surface area contributed by atoms with Crippen molar-refractivity contribution in [3.63, 3.8) is 0 Å². The van der Waals surface area contributed by atoms with Gasteiger partial charge in [-0.3, -0.25) is 9.78 Å². The van der Waals surface area contributed by atoms with Gasteiger partial charge < -0.3 is 15.2 Å². The molecule has 2 N–H and O–H groups in total. The van der Waals surface area contributed by atoms with Crippen LogP contribution in [0.2, 0.25) is 0 Å². The zero-order valence-electron chi connectivity index (χ0n) is 20.3. The molecule has 1 spiro atoms. The summed E-state index contributed by atoms with van der Waals surface area (Å²) in [6.45, 7) is 5.28. The molecule has 35 heavy (non-hydrogen) atoms. The van der Waals surface area contributed by atoms with Gasteiger partial charge in [0.2, 0.25) is 5.91 Å². The average molecular weight is 469 g/mol. The molecule has 6 rings (SSSR count). The maximum atomic E-state index is 12.0. The fraction of sp³-hybridized carbons (Fsp3) is 0.429. The molecular formula is C28H32N6O. The summed E-state index contributed by atoms with van der Waals surface area (Å²) < 4.78 is 2.17. The molecule has 0 atom stereocenters. The highest BCUT2D eigenvalue weighted by Crippen LogP contribution is 2.49. The molecule has 7 nitrogen and oxygen atoms in total. The Hall–Kier alpha value is -3.48. The normalized spacial score (nSPS) is 19.7. The van der Waals surface area contributed by atoms with Gasteiger partial charge >= 0.3 is 0 Å². The summed E-state index contributed by atoms with van der Waals surface area (Å²) in [6, 6.07) is 4.35. The van der Waals surface area contributed by atoms with E-state index in [2.05, 4.69) is 46.4 Å². The number of piperidine rings is 1. The molecule has 3 aliphatic rings. The van der Waals surface area contributed by atoms with Crippen molar-refractivity contribution >= 4 is 28.3 Å². The minimum absolute atomic E-state index is 0.0482. The minimum Gasteiger partial charge on any atom is -0.383 e. The highest BCUT2D eigenvalue weighted by Gasteiger charge is 2.37. The number of allylic oxidation sites excluding steroid dienone is 2. The van der Waals surface area contributed by atoms with Gasteiger partial charge in [0.25, 0.3) is 0 Å². The van der Waals surface area contributed by atoms with Crippen molar-refractivity contribution in [2.75, 3.05) is 18.8 Å². The lowest BCUT2D eigenvalue weighted by Crippen LogP contribution is -2.43. The molecule has 0 aromatic carbocycles. The van der Waals surface area contributed by atoms with E-state index >= 15 is 0 Å². The van der Waals surface area contributed by atoms with Gasteiger partial charge in [-0.05, 0) is 68.1 Å². The number of aromatic nitrogens is 4. The van der Waals surface area contributed by atoms with Gasteiger partial charge in [0.15, 0.2) is 0 Å². The van der Waals surface area contributed by atoms with Crippen LogP contribution >= 0.6 is 0 Å². The summed E-state index contributed by atoms with van der Waals surface area (Å²) in [6.07, 6.45) is 15.1. The average Bonchev–Trinajstić information content (AvgIpc) is 3.70. The Balaban J connectivity index is 1.37. The number of amides is 1. The van der Waals surface area contributed by atoms with Crippen molar-refractivity contribution in [3.05, 3.63) is 54.8 Å². The van der Waals surface area contributed by atoms with Crippen molar-refractivity contribution in [2.45, 2.75) is 50.9 Å². The van der Waals surface area contributed by atoms with Crippen LogP contribution in [0.5, 0.6) is 0 Å². The maximum absolute atomic E-state index is 12.0. The molecule has 1 aliphatic heterocycles. The fourth-order valence-corrected chi connectivity index (χ4v) is 6.05. The first-order valence-corrected chi connectivity index (χ1v) is 12.7. The zero-order valence-corrected chi connectivity index (χ0v) is 20.3. The zero-order chi connectivity index (χ0) is 24.2. The lowest BCUT2D eigenvalue weighted by molar-refractivity contribution is -0.128. The molecule has 2 fully saturated rings. The predicted molar refractivity (Wildman–Crippen MR) is 138 cm³/mol. The lowest BCUT2D eigenvalue weighted by atomic mass is 9.68. The highest BCUT2D eigenvalue weighted by molar-refractivity contribution is 6.05. The molecule has 7 heteroatoms. The number of nitrogen functional groups attached to an aromatic ring is 1. The van der Waals surface area contributed by atoms with Crippen LogP contribution in [0.25, 0.3) is 27.7 Å².